The number of nitrogens with one attached hydrogen (secondary N) is 2. The van der Waals surface area contributed by atoms with Gasteiger partial charge in [0.15, 0.2) is 5.78 Å². The van der Waals surface area contributed by atoms with Gasteiger partial charge in [-0.3, -0.25) is 14.5 Å². The molecule has 3 rings (SSSR count). The normalized spacial score (nSPS) is 24.6. The van der Waals surface area contributed by atoms with Crippen molar-refractivity contribution < 1.29 is 23.9 Å². The molecule has 0 atom stereocenters. The summed E-state index contributed by atoms with van der Waals surface area (Å²) in [6, 6.07) is -0.528. The van der Waals surface area contributed by atoms with Gasteiger partial charge in [0.2, 0.25) is 0 Å². The van der Waals surface area contributed by atoms with Crippen LogP contribution in [0.1, 0.15) is 71.6 Å². The van der Waals surface area contributed by atoms with E-state index in [4.69, 9.17) is 4.74 Å². The zero-order valence-electron chi connectivity index (χ0n) is 16.8. The van der Waals surface area contributed by atoms with Gasteiger partial charge >= 0.3 is 12.0 Å². The second-order valence-electron chi connectivity index (χ2n) is 7.85. The van der Waals surface area contributed by atoms with Crippen LogP contribution in [0.5, 0.6) is 0 Å². The number of ketones is 1. The third kappa shape index (κ3) is 3.31. The maximum absolute atomic E-state index is 12.9. The monoisotopic (exact) mass is 389 g/mol. The second-order valence-corrected chi connectivity index (χ2v) is 7.85. The molecule has 1 aliphatic carbocycles. The fourth-order valence-corrected chi connectivity index (χ4v) is 4.17. The maximum atomic E-state index is 12.9. The highest BCUT2D eigenvalue weighted by Crippen LogP contribution is 2.36. The van der Waals surface area contributed by atoms with Crippen LogP contribution in [-0.2, 0) is 9.53 Å². The van der Waals surface area contributed by atoms with Gasteiger partial charge in [-0.25, -0.2) is 9.59 Å². The summed E-state index contributed by atoms with van der Waals surface area (Å²) < 4.78 is 5.04. The molecule has 1 aromatic heterocycles. The van der Waals surface area contributed by atoms with Gasteiger partial charge in [0.25, 0.3) is 5.91 Å². The van der Waals surface area contributed by atoms with Gasteiger partial charge in [0, 0.05) is 5.69 Å². The Kier molecular flexibility index (Phi) is 5.32. The van der Waals surface area contributed by atoms with E-state index in [1.54, 1.807) is 20.8 Å². The molecule has 8 heteroatoms. The van der Waals surface area contributed by atoms with Crippen LogP contribution in [0.2, 0.25) is 0 Å². The largest absolute Gasteiger partial charge is 0.462 e. The smallest absolute Gasteiger partial charge is 0.340 e. The van der Waals surface area contributed by atoms with E-state index in [1.165, 1.54) is 0 Å². The predicted octanol–water partition coefficient (Wildman–Crippen LogP) is 2.49. The van der Waals surface area contributed by atoms with Crippen molar-refractivity contribution in [3.8, 4) is 0 Å². The first-order valence-electron chi connectivity index (χ1n) is 9.73. The molecule has 3 amide bonds. The molecule has 2 aliphatic rings. The molecule has 1 spiro atoms. The topological polar surface area (TPSA) is 109 Å². The number of aromatic nitrogens is 1. The molecule has 1 saturated carbocycles. The Morgan fingerprint density at radius 2 is 1.86 bits per heavy atom. The lowest BCUT2D eigenvalue weighted by Gasteiger charge is -2.33. The van der Waals surface area contributed by atoms with Crippen molar-refractivity contribution in [1.29, 1.82) is 0 Å². The maximum Gasteiger partial charge on any atom is 0.340 e. The highest BCUT2D eigenvalue weighted by Gasteiger charge is 2.52. The summed E-state index contributed by atoms with van der Waals surface area (Å²) >= 11 is 0. The van der Waals surface area contributed by atoms with Gasteiger partial charge in [0.1, 0.15) is 5.54 Å². The van der Waals surface area contributed by atoms with E-state index in [0.29, 0.717) is 35.6 Å². The fourth-order valence-electron chi connectivity index (χ4n) is 4.17. The Balaban J connectivity index is 1.78. The molecule has 8 nitrogen and oxygen atoms in total. The number of hydrogen-bond donors (Lipinski definition) is 2. The number of imide groups is 1. The Morgan fingerprint density at radius 3 is 2.46 bits per heavy atom. The summed E-state index contributed by atoms with van der Waals surface area (Å²) in [4.78, 5) is 54.2. The fraction of sp³-hybridized carbons (Fsp3) is 0.600. The van der Waals surface area contributed by atoms with Crippen LogP contribution in [0, 0.1) is 19.8 Å². The van der Waals surface area contributed by atoms with Crippen molar-refractivity contribution in [3.63, 3.8) is 0 Å². The Morgan fingerprint density at radius 1 is 1.21 bits per heavy atom. The van der Waals surface area contributed by atoms with Gasteiger partial charge in [-0.2, -0.15) is 0 Å². The predicted molar refractivity (Wildman–Crippen MR) is 101 cm³/mol. The molecule has 1 saturated heterocycles. The molecule has 0 unspecified atom stereocenters. The van der Waals surface area contributed by atoms with E-state index in [0.717, 1.165) is 17.7 Å². The molecule has 28 heavy (non-hydrogen) atoms. The minimum absolute atomic E-state index is 0.222. The van der Waals surface area contributed by atoms with E-state index in [1.807, 2.05) is 0 Å². The van der Waals surface area contributed by atoms with Crippen LogP contribution in [0.4, 0.5) is 4.79 Å². The van der Waals surface area contributed by atoms with Gasteiger partial charge in [-0.1, -0.05) is 6.92 Å². The van der Waals surface area contributed by atoms with E-state index >= 15 is 0 Å². The number of aromatic amines is 1. The standard InChI is InChI=1S/C20H27N3O5/c1-5-28-17(25)15-12(3)16(21-13(15)4)14(24)10-23-18(26)20(22-19(23)27)8-6-11(2)7-9-20/h11,21H,5-10H2,1-4H3,(H,22,27). The third-order valence-electron chi connectivity index (χ3n) is 5.87. The van der Waals surface area contributed by atoms with Crippen LogP contribution >= 0.6 is 0 Å². The number of aryl methyl sites for hydroxylation is 1. The molecule has 0 aromatic carbocycles. The summed E-state index contributed by atoms with van der Waals surface area (Å²) in [5.74, 6) is -0.722. The quantitative estimate of drug-likeness (QED) is 0.457. The number of carbonyl (C=O) groups is 4. The first kappa shape index (κ1) is 20.1. The number of amides is 3. The van der Waals surface area contributed by atoms with E-state index in [2.05, 4.69) is 17.2 Å². The summed E-state index contributed by atoms with van der Waals surface area (Å²) in [6.07, 6.45) is 2.92. The lowest BCUT2D eigenvalue weighted by molar-refractivity contribution is -0.132. The average molecular weight is 389 g/mol. The zero-order chi connectivity index (χ0) is 20.6. The minimum atomic E-state index is -0.874. The Labute approximate surface area is 164 Å². The van der Waals surface area contributed by atoms with Crippen molar-refractivity contribution in [3.05, 3.63) is 22.5 Å². The molecule has 1 aliphatic heterocycles. The molecular formula is C20H27N3O5. The van der Waals surface area contributed by atoms with Crippen molar-refractivity contribution >= 4 is 23.7 Å². The number of nitrogens with zero attached hydrogens (tertiary/aromatic N) is 1. The van der Waals surface area contributed by atoms with Crippen molar-refractivity contribution in [2.24, 2.45) is 5.92 Å². The van der Waals surface area contributed by atoms with E-state index in [-0.39, 0.29) is 24.8 Å². The van der Waals surface area contributed by atoms with Crippen LogP contribution in [-0.4, -0.2) is 52.3 Å². The molecule has 1 aromatic rings. The molecule has 0 bridgehead atoms. The van der Waals surface area contributed by atoms with Crippen LogP contribution in [0.25, 0.3) is 0 Å². The molecule has 2 heterocycles. The number of carbonyl (C=O) groups excluding carboxylic acids is 4. The van der Waals surface area contributed by atoms with Crippen LogP contribution in [0.3, 0.4) is 0 Å². The lowest BCUT2D eigenvalue weighted by Crippen LogP contribution is -2.49. The molecular weight excluding hydrogens is 362 g/mol. The molecule has 0 radical (unpaired) electrons. The third-order valence-corrected chi connectivity index (χ3v) is 5.87. The summed E-state index contributed by atoms with van der Waals surface area (Å²) in [7, 11) is 0. The van der Waals surface area contributed by atoms with Gasteiger partial charge in [-0.05, 0) is 57.9 Å². The van der Waals surface area contributed by atoms with Crippen LogP contribution in [0.15, 0.2) is 0 Å². The summed E-state index contributed by atoms with van der Waals surface area (Å²) in [5, 5.41) is 2.81. The number of ether oxygens (including phenoxy) is 1. The Hall–Kier alpha value is -2.64. The Bertz CT molecular complexity index is 833. The molecule has 2 fully saturated rings. The highest BCUT2D eigenvalue weighted by molar-refractivity contribution is 6.11. The molecule has 2 N–H and O–H groups in total. The number of rotatable bonds is 5. The summed E-state index contributed by atoms with van der Waals surface area (Å²) in [6.45, 7) is 7.05. The molecule has 152 valence electrons. The number of esters is 1. The SMILES string of the molecule is CCOC(=O)c1c(C)[nH]c(C(=O)CN2C(=O)NC3(CCC(C)CC3)C2=O)c1C. The average Bonchev–Trinajstić information content (AvgIpc) is 3.06. The van der Waals surface area contributed by atoms with Crippen LogP contribution < -0.4 is 5.32 Å². The second kappa shape index (κ2) is 7.41. The number of H-pyrrole nitrogens is 1. The summed E-state index contributed by atoms with van der Waals surface area (Å²) in [5.41, 5.74) is 0.656. The number of hydrogen-bond acceptors (Lipinski definition) is 5. The zero-order valence-corrected chi connectivity index (χ0v) is 16.8. The van der Waals surface area contributed by atoms with Gasteiger partial charge < -0.3 is 15.0 Å². The first-order valence-corrected chi connectivity index (χ1v) is 9.73. The lowest BCUT2D eigenvalue weighted by atomic mass is 9.77. The minimum Gasteiger partial charge on any atom is -0.462 e. The number of urea groups is 1. The van der Waals surface area contributed by atoms with Gasteiger partial charge in [0.05, 0.1) is 24.4 Å². The van der Waals surface area contributed by atoms with E-state index in [9.17, 15) is 19.2 Å². The van der Waals surface area contributed by atoms with Crippen molar-refractivity contribution in [2.75, 3.05) is 13.2 Å². The number of Topliss-reactive ketones (excluding diaryl/α,β-unsaturated/α-hetero) is 1. The van der Waals surface area contributed by atoms with E-state index < -0.39 is 23.3 Å². The highest BCUT2D eigenvalue weighted by atomic mass is 16.5. The van der Waals surface area contributed by atoms with Crippen molar-refractivity contribution in [1.82, 2.24) is 15.2 Å². The van der Waals surface area contributed by atoms with Gasteiger partial charge in [-0.15, -0.1) is 0 Å². The van der Waals surface area contributed by atoms with Crippen molar-refractivity contribution in [2.45, 2.75) is 58.9 Å². The first-order chi connectivity index (χ1) is 13.2.